The molecule has 7 rings (SSSR count). The van der Waals surface area contributed by atoms with Crippen molar-refractivity contribution in [1.82, 2.24) is 30.4 Å². The Balaban J connectivity index is 0.000000216. The Hall–Kier alpha value is -6.75. The summed E-state index contributed by atoms with van der Waals surface area (Å²) in [6.07, 6.45) is 7.96. The van der Waals surface area contributed by atoms with Crippen LogP contribution >= 0.6 is 11.6 Å². The van der Waals surface area contributed by atoms with E-state index in [1.165, 1.54) is 5.56 Å². The fourth-order valence-corrected chi connectivity index (χ4v) is 5.90. The average Bonchev–Trinajstić information content (AvgIpc) is 3.77. The van der Waals surface area contributed by atoms with Crippen molar-refractivity contribution in [3.05, 3.63) is 182 Å². The number of nitrogens with one attached hydrogen (secondary N) is 3. The topological polar surface area (TPSA) is 152 Å². The van der Waals surface area contributed by atoms with Crippen molar-refractivity contribution in [2.24, 2.45) is 0 Å². The lowest BCUT2D eigenvalue weighted by molar-refractivity contribution is 0.462. The summed E-state index contributed by atoms with van der Waals surface area (Å²) in [5.41, 5.74) is 10.3. The molecule has 3 N–H and O–H groups in total. The molecule has 0 spiro atoms. The first-order valence-electron chi connectivity index (χ1n) is 17.4. The zero-order valence-electron chi connectivity index (χ0n) is 30.0. The zero-order valence-corrected chi connectivity index (χ0v) is 30.7. The van der Waals surface area contributed by atoms with Gasteiger partial charge in [0, 0.05) is 49.1 Å². The van der Waals surface area contributed by atoms with Gasteiger partial charge in [-0.05, 0) is 84.8 Å². The number of hydrogen-bond acceptors (Lipinski definition) is 8. The molecule has 55 heavy (non-hydrogen) atoms. The number of rotatable bonds is 12. The van der Waals surface area contributed by atoms with Crippen LogP contribution in [0.5, 0.6) is 11.6 Å². The first-order valence-corrected chi connectivity index (χ1v) is 17.8. The SMILES string of the molecule is C.Cc1ccc(CNc2n[nH]c(Cc3cccnc3)c2C#N)cc1.Cc1ccc(Oc2ccc(CCc3n[nH]c(Cc4cccc(Cl)c4)c3C#N)cc2)nc1. The summed E-state index contributed by atoms with van der Waals surface area (Å²) in [5, 5.41) is 37.6. The number of aryl methyl sites for hydroxylation is 4. The van der Waals surface area contributed by atoms with E-state index in [0.717, 1.165) is 57.1 Å². The Bertz CT molecular complexity index is 2360. The molecule has 0 saturated carbocycles. The molecule has 0 fully saturated rings. The maximum atomic E-state index is 9.65. The molecule has 0 aliphatic heterocycles. The van der Waals surface area contributed by atoms with Crippen LogP contribution in [0.25, 0.3) is 0 Å². The summed E-state index contributed by atoms with van der Waals surface area (Å²) in [6.45, 7) is 4.68. The molecule has 0 aliphatic rings. The number of H-pyrrole nitrogens is 2. The van der Waals surface area contributed by atoms with Crippen LogP contribution in [0.15, 0.2) is 116 Å². The maximum absolute atomic E-state index is 9.65. The molecule has 11 heteroatoms. The number of hydrogen-bond donors (Lipinski definition) is 3. The van der Waals surface area contributed by atoms with Crippen molar-refractivity contribution in [2.45, 2.75) is 53.5 Å². The molecule has 0 amide bonds. The highest BCUT2D eigenvalue weighted by molar-refractivity contribution is 6.30. The number of anilines is 1. The van der Waals surface area contributed by atoms with Gasteiger partial charge < -0.3 is 10.1 Å². The number of aromatic amines is 2. The van der Waals surface area contributed by atoms with Crippen LogP contribution in [0, 0.1) is 36.5 Å². The van der Waals surface area contributed by atoms with Crippen molar-refractivity contribution in [1.29, 1.82) is 10.5 Å². The molecule has 0 unspecified atom stereocenters. The Morgan fingerprint density at radius 2 is 1.40 bits per heavy atom. The highest BCUT2D eigenvalue weighted by Gasteiger charge is 2.15. The van der Waals surface area contributed by atoms with Crippen molar-refractivity contribution >= 4 is 17.4 Å². The van der Waals surface area contributed by atoms with Crippen molar-refractivity contribution in [3.8, 4) is 23.8 Å². The molecule has 3 aromatic carbocycles. The zero-order chi connectivity index (χ0) is 37.7. The second kappa shape index (κ2) is 19.4. The molecular weight excluding hydrogens is 706 g/mol. The second-order valence-electron chi connectivity index (χ2n) is 12.8. The predicted octanol–water partition coefficient (Wildman–Crippen LogP) is 9.63. The van der Waals surface area contributed by atoms with Crippen molar-refractivity contribution < 1.29 is 4.74 Å². The van der Waals surface area contributed by atoms with Crippen LogP contribution in [0.4, 0.5) is 5.82 Å². The Morgan fingerprint density at radius 3 is 2.09 bits per heavy atom. The first-order chi connectivity index (χ1) is 26.4. The van der Waals surface area contributed by atoms with Crippen LogP contribution in [0.2, 0.25) is 5.02 Å². The van der Waals surface area contributed by atoms with Crippen LogP contribution in [-0.4, -0.2) is 30.4 Å². The van der Waals surface area contributed by atoms with Gasteiger partial charge in [-0.1, -0.05) is 85.3 Å². The van der Waals surface area contributed by atoms with E-state index in [9.17, 15) is 10.5 Å². The third-order valence-electron chi connectivity index (χ3n) is 8.62. The van der Waals surface area contributed by atoms with Gasteiger partial charge in [0.2, 0.25) is 5.88 Å². The quantitative estimate of drug-likeness (QED) is 0.112. The summed E-state index contributed by atoms with van der Waals surface area (Å²) in [4.78, 5) is 8.35. The lowest BCUT2D eigenvalue weighted by atomic mass is 10.0. The number of nitrogens with zero attached hydrogens (tertiary/aromatic N) is 6. The van der Waals surface area contributed by atoms with Crippen LogP contribution in [0.1, 0.15) is 69.0 Å². The molecule has 10 nitrogen and oxygen atoms in total. The first kappa shape index (κ1) is 39.5. The largest absolute Gasteiger partial charge is 0.439 e. The second-order valence-corrected chi connectivity index (χ2v) is 13.2. The summed E-state index contributed by atoms with van der Waals surface area (Å²) in [7, 11) is 0. The maximum Gasteiger partial charge on any atom is 0.219 e. The highest BCUT2D eigenvalue weighted by Crippen LogP contribution is 2.23. The van der Waals surface area contributed by atoms with Gasteiger partial charge in [0.1, 0.15) is 23.5 Å². The van der Waals surface area contributed by atoms with Gasteiger partial charge in [0.15, 0.2) is 5.82 Å². The highest BCUT2D eigenvalue weighted by atomic mass is 35.5. The van der Waals surface area contributed by atoms with Gasteiger partial charge in [-0.25, -0.2) is 4.98 Å². The van der Waals surface area contributed by atoms with Crippen LogP contribution < -0.4 is 10.1 Å². The van der Waals surface area contributed by atoms with E-state index in [-0.39, 0.29) is 7.43 Å². The number of nitriles is 2. The van der Waals surface area contributed by atoms with Gasteiger partial charge in [0.05, 0.1) is 22.6 Å². The molecule has 7 aromatic rings. The number of benzene rings is 3. The minimum Gasteiger partial charge on any atom is -0.439 e. The standard InChI is InChI=1S/C25H21ClN4O.C18H17N5.CH4/c1-17-5-12-25(28-16-17)31-21-9-6-18(7-10-21)8-11-23-22(15-27)24(30-29-23)14-19-3-2-4-20(26)13-19;1-13-4-6-14(7-5-13)12-21-18-16(10-19)17(22-23-18)9-15-3-2-8-20-11-15;/h2-7,9-10,12-13,16H,8,11,14H2,1H3,(H,29,30);2-8,11H,9,12H2,1H3,(H2,21,22,23);1H4. The van der Waals surface area contributed by atoms with E-state index in [2.05, 4.69) is 79.0 Å². The minimum atomic E-state index is 0. The molecular formula is C44H42ClN9O. The number of aromatic nitrogens is 6. The summed E-state index contributed by atoms with van der Waals surface area (Å²) in [5.74, 6) is 1.90. The van der Waals surface area contributed by atoms with Crippen LogP contribution in [-0.2, 0) is 32.2 Å². The Morgan fingerprint density at radius 1 is 0.709 bits per heavy atom. The third kappa shape index (κ3) is 11.1. The summed E-state index contributed by atoms with van der Waals surface area (Å²) < 4.78 is 5.78. The van der Waals surface area contributed by atoms with Gasteiger partial charge in [-0.3, -0.25) is 15.2 Å². The number of ether oxygens (including phenoxy) is 1. The lowest BCUT2D eigenvalue weighted by Gasteiger charge is -2.06. The molecule has 0 radical (unpaired) electrons. The number of pyridine rings is 2. The van der Waals surface area contributed by atoms with Crippen molar-refractivity contribution in [2.75, 3.05) is 5.32 Å². The molecule has 0 bridgehead atoms. The van der Waals surface area contributed by atoms with E-state index in [1.807, 2.05) is 79.7 Å². The van der Waals surface area contributed by atoms with Crippen molar-refractivity contribution in [3.63, 3.8) is 0 Å². The van der Waals surface area contributed by atoms with Gasteiger partial charge in [-0.2, -0.15) is 20.7 Å². The molecule has 276 valence electrons. The predicted molar refractivity (Wildman–Crippen MR) is 216 cm³/mol. The molecule has 0 aliphatic carbocycles. The molecule has 4 aromatic heterocycles. The van der Waals surface area contributed by atoms with Gasteiger partial charge in [-0.15, -0.1) is 0 Å². The normalized spacial score (nSPS) is 10.3. The Kier molecular flexibility index (Phi) is 13.9. The monoisotopic (exact) mass is 747 g/mol. The average molecular weight is 748 g/mol. The fourth-order valence-electron chi connectivity index (χ4n) is 5.69. The van der Waals surface area contributed by atoms with Gasteiger partial charge >= 0.3 is 0 Å². The summed E-state index contributed by atoms with van der Waals surface area (Å²) in [6, 6.07) is 36.0. The lowest BCUT2D eigenvalue weighted by Crippen LogP contribution is -2.01. The van der Waals surface area contributed by atoms with Gasteiger partial charge in [0.25, 0.3) is 0 Å². The molecule has 0 saturated heterocycles. The smallest absolute Gasteiger partial charge is 0.219 e. The van der Waals surface area contributed by atoms with E-state index < -0.39 is 0 Å². The number of halogens is 1. The third-order valence-corrected chi connectivity index (χ3v) is 8.85. The van der Waals surface area contributed by atoms with E-state index >= 15 is 0 Å². The van der Waals surface area contributed by atoms with E-state index in [1.54, 1.807) is 18.6 Å². The Labute approximate surface area is 326 Å². The van der Waals surface area contributed by atoms with E-state index in [4.69, 9.17) is 16.3 Å². The van der Waals surface area contributed by atoms with E-state index in [0.29, 0.717) is 53.7 Å². The fraction of sp³-hybridized carbons (Fsp3) is 0.182. The summed E-state index contributed by atoms with van der Waals surface area (Å²) >= 11 is 6.07. The molecule has 4 heterocycles. The van der Waals surface area contributed by atoms with Crippen LogP contribution in [0.3, 0.4) is 0 Å². The minimum absolute atomic E-state index is 0. The molecule has 0 atom stereocenters.